The number of urea groups is 1. The average Bonchev–Trinajstić information content (AvgIpc) is 3.13. The number of carboxylic acid groups (broad SMARTS) is 1. The maximum atomic E-state index is 12.4. The Morgan fingerprint density at radius 1 is 1.29 bits per heavy atom. The molecule has 7 nitrogen and oxygen atoms in total. The summed E-state index contributed by atoms with van der Waals surface area (Å²) in [5.74, 6) is 0.837. The lowest BCUT2D eigenvalue weighted by Gasteiger charge is -2.23. The standard InChI is InChI=1S/C17H22N4O3/c22-15(23)17-5-1-2-12(17)9-21(10-17)16(24)20-13-7-18-14(19-8-13)6-11-3-4-11/h7-8,11-12H,1-6,9-10H2,(H,20,24)(H,22,23)/t12-,17+/m0/s1. The van der Waals surface area contributed by atoms with E-state index in [1.807, 2.05) is 0 Å². The van der Waals surface area contributed by atoms with Gasteiger partial charge in [-0.1, -0.05) is 6.42 Å². The molecule has 0 unspecified atom stereocenters. The number of carbonyl (C=O) groups is 2. The predicted octanol–water partition coefficient (Wildman–Crippen LogP) is 2.15. The summed E-state index contributed by atoms with van der Waals surface area (Å²) in [4.78, 5) is 34.4. The Labute approximate surface area is 140 Å². The average molecular weight is 330 g/mol. The Morgan fingerprint density at radius 3 is 2.67 bits per heavy atom. The molecule has 1 aliphatic heterocycles. The quantitative estimate of drug-likeness (QED) is 0.882. The molecule has 3 aliphatic rings. The summed E-state index contributed by atoms with van der Waals surface area (Å²) in [6, 6.07) is -0.261. The van der Waals surface area contributed by atoms with Crippen LogP contribution in [0.25, 0.3) is 0 Å². The molecule has 4 rings (SSSR count). The van der Waals surface area contributed by atoms with Gasteiger partial charge in [0.05, 0.1) is 23.5 Å². The van der Waals surface area contributed by atoms with Crippen LogP contribution >= 0.6 is 0 Å². The molecule has 128 valence electrons. The van der Waals surface area contributed by atoms with Crippen LogP contribution in [-0.2, 0) is 11.2 Å². The van der Waals surface area contributed by atoms with E-state index >= 15 is 0 Å². The molecular formula is C17H22N4O3. The zero-order valence-corrected chi connectivity index (χ0v) is 13.6. The molecule has 2 heterocycles. The third-order valence-electron chi connectivity index (χ3n) is 5.71. The number of carboxylic acids is 1. The fourth-order valence-corrected chi connectivity index (χ4v) is 4.10. The van der Waals surface area contributed by atoms with E-state index in [0.717, 1.165) is 31.0 Å². The van der Waals surface area contributed by atoms with Crippen LogP contribution in [0.15, 0.2) is 12.4 Å². The first kappa shape index (κ1) is 15.4. The number of nitrogens with zero attached hydrogens (tertiary/aromatic N) is 3. The smallest absolute Gasteiger partial charge is 0.321 e. The number of aromatic nitrogens is 2. The molecule has 24 heavy (non-hydrogen) atoms. The molecule has 0 bridgehead atoms. The molecule has 1 saturated heterocycles. The van der Waals surface area contributed by atoms with Crippen molar-refractivity contribution < 1.29 is 14.7 Å². The van der Waals surface area contributed by atoms with Crippen molar-refractivity contribution in [3.63, 3.8) is 0 Å². The topological polar surface area (TPSA) is 95.4 Å². The molecule has 2 amide bonds. The number of carbonyl (C=O) groups excluding carboxylic acids is 1. The van der Waals surface area contributed by atoms with Gasteiger partial charge in [0.25, 0.3) is 0 Å². The highest BCUT2D eigenvalue weighted by molar-refractivity contribution is 5.90. The van der Waals surface area contributed by atoms with Gasteiger partial charge in [0.2, 0.25) is 0 Å². The van der Waals surface area contributed by atoms with E-state index in [0.29, 0.717) is 25.2 Å². The van der Waals surface area contributed by atoms with Gasteiger partial charge in [-0.2, -0.15) is 0 Å². The van der Waals surface area contributed by atoms with Crippen molar-refractivity contribution in [2.75, 3.05) is 18.4 Å². The van der Waals surface area contributed by atoms with Gasteiger partial charge in [0.1, 0.15) is 5.82 Å². The van der Waals surface area contributed by atoms with E-state index in [1.54, 1.807) is 17.3 Å². The highest BCUT2D eigenvalue weighted by atomic mass is 16.4. The summed E-state index contributed by atoms with van der Waals surface area (Å²) < 4.78 is 0. The van der Waals surface area contributed by atoms with Crippen LogP contribution in [0.2, 0.25) is 0 Å². The van der Waals surface area contributed by atoms with E-state index in [9.17, 15) is 14.7 Å². The normalized spacial score (nSPS) is 28.7. The van der Waals surface area contributed by atoms with E-state index in [4.69, 9.17) is 0 Å². The maximum Gasteiger partial charge on any atom is 0.321 e. The number of likely N-dealkylation sites (tertiary alicyclic amines) is 1. The van der Waals surface area contributed by atoms with Crippen molar-refractivity contribution in [1.29, 1.82) is 0 Å². The largest absolute Gasteiger partial charge is 0.481 e. The number of hydrogen-bond acceptors (Lipinski definition) is 4. The van der Waals surface area contributed by atoms with Gasteiger partial charge >= 0.3 is 12.0 Å². The minimum Gasteiger partial charge on any atom is -0.481 e. The van der Waals surface area contributed by atoms with Crippen molar-refractivity contribution in [2.45, 2.75) is 38.5 Å². The van der Waals surface area contributed by atoms with Crippen molar-refractivity contribution in [3.8, 4) is 0 Å². The third kappa shape index (κ3) is 2.72. The fraction of sp³-hybridized carbons (Fsp3) is 0.647. The van der Waals surface area contributed by atoms with Crippen molar-refractivity contribution >= 4 is 17.7 Å². The van der Waals surface area contributed by atoms with Crippen LogP contribution in [0.3, 0.4) is 0 Å². The van der Waals surface area contributed by atoms with Gasteiger partial charge in [-0.25, -0.2) is 14.8 Å². The van der Waals surface area contributed by atoms with Crippen molar-refractivity contribution in [3.05, 3.63) is 18.2 Å². The molecule has 2 aliphatic carbocycles. The number of aliphatic carboxylic acids is 1. The Morgan fingerprint density at radius 2 is 2.04 bits per heavy atom. The molecule has 3 fully saturated rings. The molecule has 7 heteroatoms. The zero-order valence-electron chi connectivity index (χ0n) is 13.6. The van der Waals surface area contributed by atoms with Gasteiger partial charge in [-0.3, -0.25) is 4.79 Å². The second-order valence-corrected chi connectivity index (χ2v) is 7.40. The highest BCUT2D eigenvalue weighted by Crippen LogP contribution is 2.48. The molecule has 2 atom stereocenters. The Kier molecular flexibility index (Phi) is 3.66. The zero-order chi connectivity index (χ0) is 16.7. The highest BCUT2D eigenvalue weighted by Gasteiger charge is 2.55. The number of rotatable bonds is 4. The van der Waals surface area contributed by atoms with Gasteiger partial charge in [-0.05, 0) is 37.5 Å². The van der Waals surface area contributed by atoms with E-state index in [-0.39, 0.29) is 11.9 Å². The van der Waals surface area contributed by atoms with E-state index in [2.05, 4.69) is 15.3 Å². The first-order valence-electron chi connectivity index (χ1n) is 8.67. The molecule has 0 radical (unpaired) electrons. The monoisotopic (exact) mass is 330 g/mol. The Balaban J connectivity index is 1.39. The molecule has 1 aromatic heterocycles. The molecular weight excluding hydrogens is 308 g/mol. The van der Waals surface area contributed by atoms with Gasteiger partial charge in [0.15, 0.2) is 0 Å². The van der Waals surface area contributed by atoms with Crippen LogP contribution < -0.4 is 5.32 Å². The van der Waals surface area contributed by atoms with E-state index in [1.165, 1.54) is 12.8 Å². The van der Waals surface area contributed by atoms with Crippen LogP contribution in [-0.4, -0.2) is 45.1 Å². The summed E-state index contributed by atoms with van der Waals surface area (Å²) in [5.41, 5.74) is -0.192. The first-order valence-corrected chi connectivity index (χ1v) is 8.67. The lowest BCUT2D eigenvalue weighted by atomic mass is 9.81. The molecule has 2 N–H and O–H groups in total. The van der Waals surface area contributed by atoms with Crippen LogP contribution in [0.5, 0.6) is 0 Å². The third-order valence-corrected chi connectivity index (χ3v) is 5.71. The van der Waals surface area contributed by atoms with Gasteiger partial charge < -0.3 is 15.3 Å². The van der Waals surface area contributed by atoms with Crippen molar-refractivity contribution in [1.82, 2.24) is 14.9 Å². The summed E-state index contributed by atoms with van der Waals surface area (Å²) in [6.45, 7) is 0.804. The number of fused-ring (bicyclic) bond motifs is 1. The lowest BCUT2D eigenvalue weighted by molar-refractivity contribution is -0.149. The van der Waals surface area contributed by atoms with Gasteiger partial charge in [0, 0.05) is 19.5 Å². The fourth-order valence-electron chi connectivity index (χ4n) is 4.10. The van der Waals surface area contributed by atoms with Crippen LogP contribution in [0, 0.1) is 17.3 Å². The summed E-state index contributed by atoms with van der Waals surface area (Å²) >= 11 is 0. The summed E-state index contributed by atoms with van der Waals surface area (Å²) in [5, 5.41) is 12.4. The Bertz CT molecular complexity index is 658. The number of hydrogen-bond donors (Lipinski definition) is 2. The SMILES string of the molecule is O=C(Nc1cnc(CC2CC2)nc1)N1C[C@@H]2CCC[C@@]2(C(=O)O)C1. The van der Waals surface area contributed by atoms with Crippen molar-refractivity contribution in [2.24, 2.45) is 17.3 Å². The molecule has 1 aromatic rings. The van der Waals surface area contributed by atoms with Crippen LogP contribution in [0.4, 0.5) is 10.5 Å². The molecule has 2 saturated carbocycles. The number of amides is 2. The summed E-state index contributed by atoms with van der Waals surface area (Å²) in [7, 11) is 0. The second-order valence-electron chi connectivity index (χ2n) is 7.40. The number of nitrogens with one attached hydrogen (secondary N) is 1. The summed E-state index contributed by atoms with van der Waals surface area (Å²) in [6.07, 6.45) is 9.16. The lowest BCUT2D eigenvalue weighted by Crippen LogP contribution is -2.38. The minimum atomic E-state index is -0.770. The Hall–Kier alpha value is -2.18. The minimum absolute atomic E-state index is 0.0675. The molecule has 0 aromatic carbocycles. The van der Waals surface area contributed by atoms with E-state index < -0.39 is 11.4 Å². The van der Waals surface area contributed by atoms with Gasteiger partial charge in [-0.15, -0.1) is 0 Å². The predicted molar refractivity (Wildman–Crippen MR) is 86.5 cm³/mol. The first-order chi connectivity index (χ1) is 11.6. The maximum absolute atomic E-state index is 12.4. The number of anilines is 1. The molecule has 0 spiro atoms. The van der Waals surface area contributed by atoms with Crippen LogP contribution in [0.1, 0.15) is 37.9 Å². The second kappa shape index (κ2) is 5.72.